The van der Waals surface area contributed by atoms with E-state index in [1.165, 1.54) is 22.8 Å². The summed E-state index contributed by atoms with van der Waals surface area (Å²) in [7, 11) is 0. The lowest BCUT2D eigenvalue weighted by molar-refractivity contribution is -0.116. The number of aromatic nitrogens is 1. The summed E-state index contributed by atoms with van der Waals surface area (Å²) in [5, 5.41) is 8.90. The van der Waals surface area contributed by atoms with E-state index in [2.05, 4.69) is 33.8 Å². The number of anilines is 2. The molecule has 2 N–H and O–H groups in total. The molecule has 7 nitrogen and oxygen atoms in total. The molecular weight excluding hydrogens is 308 g/mol. The van der Waals surface area contributed by atoms with Crippen LogP contribution in [0, 0.1) is 0 Å². The van der Waals surface area contributed by atoms with Crippen molar-refractivity contribution in [1.82, 2.24) is 10.1 Å². The molecule has 0 fully saturated rings. The minimum atomic E-state index is -0.380. The maximum Gasteiger partial charge on any atom is 0.322 e. The smallest absolute Gasteiger partial charge is 0.322 e. The maximum atomic E-state index is 12.3. The van der Waals surface area contributed by atoms with Crippen molar-refractivity contribution in [3.63, 3.8) is 0 Å². The van der Waals surface area contributed by atoms with E-state index in [0.717, 1.165) is 6.42 Å². The molecule has 24 heavy (non-hydrogen) atoms. The Morgan fingerprint density at radius 1 is 1.25 bits per heavy atom. The minimum absolute atomic E-state index is 0.127. The monoisotopic (exact) mass is 328 g/mol. The lowest BCUT2D eigenvalue weighted by Gasteiger charge is -2.21. The summed E-state index contributed by atoms with van der Waals surface area (Å²) in [6, 6.07) is 8.70. The summed E-state index contributed by atoms with van der Waals surface area (Å²) in [5.41, 5.74) is 1.85. The average Bonchev–Trinajstić information content (AvgIpc) is 3.08. The summed E-state index contributed by atoms with van der Waals surface area (Å²) in [5.74, 6) is -0.0728. The molecule has 0 spiro atoms. The number of aryl methyl sites for hydroxylation is 1. The molecule has 0 aliphatic heterocycles. The van der Waals surface area contributed by atoms with E-state index in [1.54, 1.807) is 6.08 Å². The van der Waals surface area contributed by atoms with E-state index >= 15 is 0 Å². The molecule has 0 radical (unpaired) electrons. The number of nitrogens with zero attached hydrogens (tertiary/aromatic N) is 2. The highest BCUT2D eigenvalue weighted by Gasteiger charge is 2.17. The SMILES string of the molecule is C=CCN(CC(=O)Nc1ccon1)C(=O)Nc1ccc(CC)cc1. The fraction of sp³-hybridized carbons (Fsp3) is 0.235. The number of nitrogens with one attached hydrogen (secondary N) is 2. The second-order valence-corrected chi connectivity index (χ2v) is 5.08. The predicted octanol–water partition coefficient (Wildman–Crippen LogP) is 2.90. The second kappa shape index (κ2) is 8.52. The van der Waals surface area contributed by atoms with Gasteiger partial charge in [0, 0.05) is 18.3 Å². The van der Waals surface area contributed by atoms with Crippen LogP contribution in [0.3, 0.4) is 0 Å². The Morgan fingerprint density at radius 2 is 2.00 bits per heavy atom. The largest absolute Gasteiger partial charge is 0.363 e. The summed E-state index contributed by atoms with van der Waals surface area (Å²) >= 11 is 0. The van der Waals surface area contributed by atoms with Crippen molar-refractivity contribution in [3.8, 4) is 0 Å². The quantitative estimate of drug-likeness (QED) is 0.765. The van der Waals surface area contributed by atoms with Gasteiger partial charge in [-0.15, -0.1) is 6.58 Å². The minimum Gasteiger partial charge on any atom is -0.363 e. The number of hydrogen-bond donors (Lipinski definition) is 2. The number of hydrogen-bond acceptors (Lipinski definition) is 4. The molecule has 0 bridgehead atoms. The molecular formula is C17H20N4O3. The van der Waals surface area contributed by atoms with Gasteiger partial charge in [-0.2, -0.15) is 0 Å². The Hall–Kier alpha value is -3.09. The molecule has 0 saturated carbocycles. The Morgan fingerprint density at radius 3 is 2.58 bits per heavy atom. The number of carbonyl (C=O) groups excluding carboxylic acids is 2. The molecule has 0 atom stereocenters. The van der Waals surface area contributed by atoms with E-state index < -0.39 is 0 Å². The molecule has 2 rings (SSSR count). The maximum absolute atomic E-state index is 12.3. The fourth-order valence-corrected chi connectivity index (χ4v) is 2.03. The van der Waals surface area contributed by atoms with Crippen LogP contribution < -0.4 is 10.6 Å². The molecule has 7 heteroatoms. The molecule has 126 valence electrons. The van der Waals surface area contributed by atoms with Gasteiger partial charge in [0.15, 0.2) is 5.82 Å². The van der Waals surface area contributed by atoms with Crippen LogP contribution in [0.2, 0.25) is 0 Å². The number of amides is 3. The lowest BCUT2D eigenvalue weighted by Crippen LogP contribution is -2.40. The topological polar surface area (TPSA) is 87.5 Å². The zero-order valence-electron chi connectivity index (χ0n) is 13.5. The molecule has 3 amide bonds. The Labute approximate surface area is 140 Å². The van der Waals surface area contributed by atoms with Gasteiger partial charge in [-0.3, -0.25) is 4.79 Å². The van der Waals surface area contributed by atoms with Crippen LogP contribution in [0.5, 0.6) is 0 Å². The molecule has 1 heterocycles. The van der Waals surface area contributed by atoms with Gasteiger partial charge >= 0.3 is 6.03 Å². The average molecular weight is 328 g/mol. The van der Waals surface area contributed by atoms with Crippen LogP contribution in [-0.4, -0.2) is 35.1 Å². The Kier molecular flexibility index (Phi) is 6.13. The Balaban J connectivity index is 1.95. The molecule has 2 aromatic rings. The van der Waals surface area contributed by atoms with Gasteiger partial charge in [0.05, 0.1) is 0 Å². The zero-order valence-corrected chi connectivity index (χ0v) is 13.5. The fourth-order valence-electron chi connectivity index (χ4n) is 2.03. The third-order valence-corrected chi connectivity index (χ3v) is 3.29. The number of rotatable bonds is 7. The first kappa shape index (κ1) is 17.3. The normalized spacial score (nSPS) is 10.0. The van der Waals surface area contributed by atoms with Crippen LogP contribution in [0.4, 0.5) is 16.3 Å². The van der Waals surface area contributed by atoms with E-state index in [-0.39, 0.29) is 25.0 Å². The first-order chi connectivity index (χ1) is 11.6. The van der Waals surface area contributed by atoms with Gasteiger partial charge in [0.25, 0.3) is 0 Å². The van der Waals surface area contributed by atoms with Crippen molar-refractivity contribution in [2.75, 3.05) is 23.7 Å². The molecule has 1 aromatic carbocycles. The predicted molar refractivity (Wildman–Crippen MR) is 91.7 cm³/mol. The van der Waals surface area contributed by atoms with Crippen molar-refractivity contribution in [2.45, 2.75) is 13.3 Å². The van der Waals surface area contributed by atoms with Gasteiger partial charge in [0.1, 0.15) is 12.8 Å². The van der Waals surface area contributed by atoms with Crippen molar-refractivity contribution in [3.05, 3.63) is 54.8 Å². The van der Waals surface area contributed by atoms with Crippen LogP contribution in [0.25, 0.3) is 0 Å². The van der Waals surface area contributed by atoms with Crippen molar-refractivity contribution in [1.29, 1.82) is 0 Å². The van der Waals surface area contributed by atoms with Crippen LogP contribution in [0.15, 0.2) is 53.8 Å². The molecule has 0 aliphatic carbocycles. The highest BCUT2D eigenvalue weighted by atomic mass is 16.5. The molecule has 0 aliphatic rings. The van der Waals surface area contributed by atoms with Crippen molar-refractivity contribution >= 4 is 23.4 Å². The highest BCUT2D eigenvalue weighted by molar-refractivity contribution is 5.96. The highest BCUT2D eigenvalue weighted by Crippen LogP contribution is 2.11. The Bertz CT molecular complexity index is 680. The van der Waals surface area contributed by atoms with Gasteiger partial charge in [0.2, 0.25) is 5.91 Å². The van der Waals surface area contributed by atoms with Gasteiger partial charge in [-0.25, -0.2) is 4.79 Å². The van der Waals surface area contributed by atoms with Gasteiger partial charge < -0.3 is 20.1 Å². The zero-order chi connectivity index (χ0) is 17.4. The van der Waals surface area contributed by atoms with Crippen LogP contribution in [-0.2, 0) is 11.2 Å². The molecule has 0 unspecified atom stereocenters. The van der Waals surface area contributed by atoms with E-state index in [9.17, 15) is 9.59 Å². The van der Waals surface area contributed by atoms with E-state index in [0.29, 0.717) is 11.5 Å². The van der Waals surface area contributed by atoms with Crippen molar-refractivity contribution < 1.29 is 14.1 Å². The first-order valence-corrected chi connectivity index (χ1v) is 7.58. The van der Waals surface area contributed by atoms with Crippen LogP contribution in [0.1, 0.15) is 12.5 Å². The van der Waals surface area contributed by atoms with Gasteiger partial charge in [-0.05, 0) is 24.1 Å². The van der Waals surface area contributed by atoms with E-state index in [4.69, 9.17) is 0 Å². The van der Waals surface area contributed by atoms with Crippen LogP contribution >= 0.6 is 0 Å². The van der Waals surface area contributed by atoms with Gasteiger partial charge in [-0.1, -0.05) is 30.3 Å². The molecule has 1 aromatic heterocycles. The third kappa shape index (κ3) is 4.98. The lowest BCUT2D eigenvalue weighted by atomic mass is 10.1. The number of urea groups is 1. The number of benzene rings is 1. The molecule has 0 saturated heterocycles. The standard InChI is InChI=1S/C17H20N4O3/c1-3-10-21(12-16(22)19-15-9-11-24-20-15)17(23)18-14-7-5-13(4-2)6-8-14/h3,5-9,11H,1,4,10,12H2,2H3,(H,18,23)(H,19,20,22). The first-order valence-electron chi connectivity index (χ1n) is 7.58. The third-order valence-electron chi connectivity index (χ3n) is 3.29. The number of carbonyl (C=O) groups is 2. The van der Waals surface area contributed by atoms with Crippen molar-refractivity contribution in [2.24, 2.45) is 0 Å². The summed E-state index contributed by atoms with van der Waals surface area (Å²) in [6.45, 7) is 5.79. The second-order valence-electron chi connectivity index (χ2n) is 5.08. The summed E-state index contributed by atoms with van der Waals surface area (Å²) in [6.07, 6.45) is 3.84. The summed E-state index contributed by atoms with van der Waals surface area (Å²) in [4.78, 5) is 25.7. The summed E-state index contributed by atoms with van der Waals surface area (Å²) < 4.78 is 4.64. The van der Waals surface area contributed by atoms with E-state index in [1.807, 2.05) is 24.3 Å².